The highest BCUT2D eigenvalue weighted by Crippen LogP contribution is 2.40. The summed E-state index contributed by atoms with van der Waals surface area (Å²) in [5.74, 6) is -0.429. The molecule has 1 unspecified atom stereocenters. The number of rotatable bonds is 3. The van der Waals surface area contributed by atoms with Crippen molar-refractivity contribution in [3.05, 3.63) is 46.0 Å². The third kappa shape index (κ3) is 2.65. The van der Waals surface area contributed by atoms with Gasteiger partial charge in [0.15, 0.2) is 5.69 Å². The first-order valence-corrected chi connectivity index (χ1v) is 9.69. The molecular weight excluding hydrogens is 398 g/mol. The van der Waals surface area contributed by atoms with Gasteiger partial charge in [-0.25, -0.2) is 9.78 Å². The number of aromatic nitrogens is 2. The standard InChI is InChI=1S/C19H20BrN3O3/c1-3-11(2)26-19(25)16-17-15-5-4-8-22(15)18(24)13-9-12(20)6-7-14(13)23(17)10-21-16/h6-7,9-11,15H,3-5,8H2,1-2H3/t11-,15?/m0/s1. The number of carbonyl (C=O) groups excluding carboxylic acids is 2. The zero-order valence-corrected chi connectivity index (χ0v) is 16.3. The van der Waals surface area contributed by atoms with Gasteiger partial charge in [-0.2, -0.15) is 0 Å². The van der Waals surface area contributed by atoms with Crippen LogP contribution in [0.3, 0.4) is 0 Å². The SMILES string of the molecule is CC[C@H](C)OC(=O)c1ncn2c1C1CCCN1C(=O)c1cc(Br)ccc1-2. The second-order valence-electron chi connectivity index (χ2n) is 6.79. The van der Waals surface area contributed by atoms with Crippen LogP contribution in [0.1, 0.15) is 65.7 Å². The van der Waals surface area contributed by atoms with Gasteiger partial charge < -0.3 is 9.64 Å². The predicted molar refractivity (Wildman–Crippen MR) is 99.4 cm³/mol. The Balaban J connectivity index is 1.88. The molecule has 1 aromatic carbocycles. The molecule has 0 saturated carbocycles. The molecule has 0 bridgehead atoms. The minimum Gasteiger partial charge on any atom is -0.458 e. The average Bonchev–Trinajstić information content (AvgIpc) is 3.25. The summed E-state index contributed by atoms with van der Waals surface area (Å²) in [6, 6.07) is 5.45. The van der Waals surface area contributed by atoms with Gasteiger partial charge in [-0.3, -0.25) is 9.36 Å². The van der Waals surface area contributed by atoms with E-state index in [0.29, 0.717) is 17.8 Å². The van der Waals surface area contributed by atoms with E-state index in [9.17, 15) is 9.59 Å². The van der Waals surface area contributed by atoms with Crippen molar-refractivity contribution in [2.45, 2.75) is 45.3 Å². The molecule has 6 nitrogen and oxygen atoms in total. The van der Waals surface area contributed by atoms with E-state index in [2.05, 4.69) is 20.9 Å². The largest absolute Gasteiger partial charge is 0.458 e. The lowest BCUT2D eigenvalue weighted by Crippen LogP contribution is -2.30. The molecule has 2 aliphatic heterocycles. The Morgan fingerprint density at radius 2 is 2.27 bits per heavy atom. The van der Waals surface area contributed by atoms with Crippen LogP contribution in [-0.4, -0.2) is 39.0 Å². The number of ether oxygens (including phenoxy) is 1. The van der Waals surface area contributed by atoms with E-state index >= 15 is 0 Å². The van der Waals surface area contributed by atoms with Crippen molar-refractivity contribution in [1.29, 1.82) is 0 Å². The van der Waals surface area contributed by atoms with Crippen LogP contribution in [0, 0.1) is 0 Å². The number of hydrogen-bond donors (Lipinski definition) is 0. The minimum absolute atomic E-state index is 0.00579. The van der Waals surface area contributed by atoms with E-state index in [-0.39, 0.29) is 18.1 Å². The summed E-state index contributed by atoms with van der Waals surface area (Å²) in [4.78, 5) is 32.0. The van der Waals surface area contributed by atoms with Crippen LogP contribution in [0.2, 0.25) is 0 Å². The maximum atomic E-state index is 13.1. The van der Waals surface area contributed by atoms with Gasteiger partial charge in [-0.15, -0.1) is 0 Å². The van der Waals surface area contributed by atoms with Crippen LogP contribution in [0.5, 0.6) is 0 Å². The van der Waals surface area contributed by atoms with Gasteiger partial charge in [0.05, 0.1) is 29.1 Å². The maximum absolute atomic E-state index is 13.1. The lowest BCUT2D eigenvalue weighted by Gasteiger charge is -2.23. The average molecular weight is 418 g/mol. The third-order valence-corrected chi connectivity index (χ3v) is 5.65. The first kappa shape index (κ1) is 17.3. The molecule has 0 N–H and O–H groups in total. The van der Waals surface area contributed by atoms with Gasteiger partial charge in [-0.1, -0.05) is 22.9 Å². The number of benzene rings is 1. The van der Waals surface area contributed by atoms with E-state index in [4.69, 9.17) is 4.74 Å². The molecule has 1 fully saturated rings. The van der Waals surface area contributed by atoms with Crippen LogP contribution < -0.4 is 0 Å². The number of halogens is 1. The van der Waals surface area contributed by atoms with Crippen molar-refractivity contribution >= 4 is 27.8 Å². The molecule has 1 aromatic heterocycles. The second-order valence-corrected chi connectivity index (χ2v) is 7.71. The van der Waals surface area contributed by atoms with Gasteiger partial charge in [0.2, 0.25) is 0 Å². The van der Waals surface area contributed by atoms with Gasteiger partial charge in [-0.05, 0) is 44.4 Å². The number of esters is 1. The number of imidazole rings is 1. The van der Waals surface area contributed by atoms with E-state index in [0.717, 1.165) is 35.1 Å². The molecule has 0 aliphatic carbocycles. The van der Waals surface area contributed by atoms with Crippen molar-refractivity contribution < 1.29 is 14.3 Å². The van der Waals surface area contributed by atoms with E-state index in [1.807, 2.05) is 41.5 Å². The molecule has 7 heteroatoms. The second kappa shape index (κ2) is 6.54. The molecule has 0 spiro atoms. The van der Waals surface area contributed by atoms with Crippen LogP contribution in [-0.2, 0) is 4.74 Å². The Morgan fingerprint density at radius 1 is 1.46 bits per heavy atom. The van der Waals surface area contributed by atoms with E-state index < -0.39 is 5.97 Å². The van der Waals surface area contributed by atoms with Crippen LogP contribution in [0.15, 0.2) is 29.0 Å². The summed E-state index contributed by atoms with van der Waals surface area (Å²) in [5.41, 5.74) is 2.43. The first-order valence-electron chi connectivity index (χ1n) is 8.90. The Morgan fingerprint density at radius 3 is 3.04 bits per heavy atom. The normalized spacial score (nSPS) is 19.4. The molecular formula is C19H20BrN3O3. The van der Waals surface area contributed by atoms with Crippen molar-refractivity contribution in [3.8, 4) is 5.69 Å². The van der Waals surface area contributed by atoms with Gasteiger partial charge in [0.25, 0.3) is 5.91 Å². The Bertz CT molecular complexity index is 892. The summed E-state index contributed by atoms with van der Waals surface area (Å²) in [6.07, 6.45) is 3.92. The third-order valence-electron chi connectivity index (χ3n) is 5.16. The van der Waals surface area contributed by atoms with Crippen molar-refractivity contribution in [1.82, 2.24) is 14.5 Å². The highest BCUT2D eigenvalue weighted by molar-refractivity contribution is 9.10. The number of nitrogens with zero attached hydrogens (tertiary/aromatic N) is 3. The molecule has 26 heavy (non-hydrogen) atoms. The molecule has 2 atom stereocenters. The zero-order chi connectivity index (χ0) is 18.4. The zero-order valence-electron chi connectivity index (χ0n) is 14.7. The molecule has 4 rings (SSSR count). The Labute approximate surface area is 160 Å². The number of hydrogen-bond acceptors (Lipinski definition) is 4. The number of carbonyl (C=O) groups is 2. The molecule has 1 amide bonds. The fraction of sp³-hybridized carbons (Fsp3) is 0.421. The predicted octanol–water partition coefficient (Wildman–Crippen LogP) is 3.88. The molecule has 2 aliphatic rings. The maximum Gasteiger partial charge on any atom is 0.359 e. The number of amides is 1. The lowest BCUT2D eigenvalue weighted by atomic mass is 10.1. The van der Waals surface area contributed by atoms with Crippen LogP contribution in [0.25, 0.3) is 5.69 Å². The van der Waals surface area contributed by atoms with Crippen LogP contribution >= 0.6 is 15.9 Å². The summed E-state index contributed by atoms with van der Waals surface area (Å²) in [5, 5.41) is 0. The smallest absolute Gasteiger partial charge is 0.359 e. The molecule has 3 heterocycles. The molecule has 0 radical (unpaired) electrons. The van der Waals surface area contributed by atoms with Crippen LogP contribution in [0.4, 0.5) is 0 Å². The molecule has 1 saturated heterocycles. The minimum atomic E-state index is -0.423. The van der Waals surface area contributed by atoms with E-state index in [1.165, 1.54) is 0 Å². The fourth-order valence-electron chi connectivity index (χ4n) is 3.69. The quantitative estimate of drug-likeness (QED) is 0.710. The van der Waals surface area contributed by atoms with Crippen molar-refractivity contribution in [2.24, 2.45) is 0 Å². The summed E-state index contributed by atoms with van der Waals surface area (Å²) < 4.78 is 8.23. The number of fused-ring (bicyclic) bond motifs is 5. The fourth-order valence-corrected chi connectivity index (χ4v) is 4.05. The van der Waals surface area contributed by atoms with Gasteiger partial charge in [0, 0.05) is 11.0 Å². The summed E-state index contributed by atoms with van der Waals surface area (Å²) in [6.45, 7) is 4.52. The lowest BCUT2D eigenvalue weighted by molar-refractivity contribution is 0.0323. The monoisotopic (exact) mass is 417 g/mol. The van der Waals surface area contributed by atoms with Crippen molar-refractivity contribution in [3.63, 3.8) is 0 Å². The highest BCUT2D eigenvalue weighted by atomic mass is 79.9. The van der Waals surface area contributed by atoms with Gasteiger partial charge >= 0.3 is 5.97 Å². The van der Waals surface area contributed by atoms with Gasteiger partial charge in [0.1, 0.15) is 6.33 Å². The summed E-state index contributed by atoms with van der Waals surface area (Å²) in [7, 11) is 0. The molecule has 136 valence electrons. The Hall–Kier alpha value is -2.15. The summed E-state index contributed by atoms with van der Waals surface area (Å²) >= 11 is 3.45. The van der Waals surface area contributed by atoms with Crippen molar-refractivity contribution in [2.75, 3.05) is 6.54 Å². The molecule has 2 aromatic rings. The highest BCUT2D eigenvalue weighted by Gasteiger charge is 2.40. The Kier molecular flexibility index (Phi) is 4.34. The first-order chi connectivity index (χ1) is 12.5. The topological polar surface area (TPSA) is 64.4 Å². The van der Waals surface area contributed by atoms with E-state index in [1.54, 1.807) is 6.33 Å².